The van der Waals surface area contributed by atoms with Crippen molar-refractivity contribution in [2.45, 2.75) is 27.2 Å². The molecule has 0 radical (unpaired) electrons. The quantitative estimate of drug-likeness (QED) is 0.255. The lowest BCUT2D eigenvalue weighted by Crippen LogP contribution is -2.10. The highest BCUT2D eigenvalue weighted by molar-refractivity contribution is 9.09. The van der Waals surface area contributed by atoms with E-state index >= 15 is 0 Å². The molecule has 7 nitrogen and oxygen atoms in total. The van der Waals surface area contributed by atoms with Crippen LogP contribution in [-0.4, -0.2) is 41.4 Å². The van der Waals surface area contributed by atoms with E-state index in [0.717, 1.165) is 11.8 Å². The van der Waals surface area contributed by atoms with E-state index in [-0.39, 0.29) is 11.7 Å². The molecule has 2 heterocycles. The minimum absolute atomic E-state index is 0.274. The molecule has 9 heteroatoms. The molecule has 2 atom stereocenters. The Kier molecular flexibility index (Phi) is 10.2. The van der Waals surface area contributed by atoms with E-state index in [4.69, 9.17) is 4.74 Å². The molecule has 3 aromatic rings. The van der Waals surface area contributed by atoms with Crippen LogP contribution in [0.4, 0.5) is 21.6 Å². The number of carbonyl (C=O) groups excluding carboxylic acids is 1. The summed E-state index contributed by atoms with van der Waals surface area (Å²) in [6.45, 7) is 8.31. The summed E-state index contributed by atoms with van der Waals surface area (Å²) in [5, 5.41) is 10.6. The number of piperidine rings is 1. The van der Waals surface area contributed by atoms with Gasteiger partial charge >= 0.3 is 0 Å². The predicted octanol–water partition coefficient (Wildman–Crippen LogP) is 5.97. The summed E-state index contributed by atoms with van der Waals surface area (Å²) in [6.07, 6.45) is 6.07. The minimum Gasteiger partial charge on any atom is -0.494 e. The van der Waals surface area contributed by atoms with Gasteiger partial charge < -0.3 is 20.7 Å². The van der Waals surface area contributed by atoms with Crippen molar-refractivity contribution in [2.75, 3.05) is 36.2 Å². The zero-order chi connectivity index (χ0) is 26.1. The summed E-state index contributed by atoms with van der Waals surface area (Å²) in [5.41, 5.74) is 2.35. The van der Waals surface area contributed by atoms with Crippen molar-refractivity contribution in [3.05, 3.63) is 60.2 Å². The summed E-state index contributed by atoms with van der Waals surface area (Å²) in [7, 11) is 1.52. The van der Waals surface area contributed by atoms with Crippen LogP contribution in [0.25, 0.3) is 10.9 Å². The van der Waals surface area contributed by atoms with Gasteiger partial charge in [0.05, 0.1) is 18.3 Å². The van der Waals surface area contributed by atoms with Crippen molar-refractivity contribution in [2.24, 2.45) is 11.8 Å². The molecular formula is C27H33BrFN5O2. The number of hydrogen-bond acceptors (Lipinski definition) is 6. The Morgan fingerprint density at radius 1 is 1.22 bits per heavy atom. The lowest BCUT2D eigenvalue weighted by atomic mass is 10.1. The average Bonchev–Trinajstić information content (AvgIpc) is 3.50. The van der Waals surface area contributed by atoms with E-state index in [1.54, 1.807) is 37.3 Å². The molecule has 5 rings (SSSR count). The van der Waals surface area contributed by atoms with Crippen LogP contribution in [0.5, 0.6) is 5.75 Å². The first-order valence-electron chi connectivity index (χ1n) is 12.1. The van der Waals surface area contributed by atoms with Gasteiger partial charge in [0.2, 0.25) is 5.91 Å². The molecular weight excluding hydrogens is 525 g/mol. The van der Waals surface area contributed by atoms with E-state index in [2.05, 4.69) is 41.8 Å². The van der Waals surface area contributed by atoms with Crippen LogP contribution in [0.15, 0.2) is 48.8 Å². The molecule has 2 aliphatic rings. The van der Waals surface area contributed by atoms with Crippen molar-refractivity contribution < 1.29 is 13.9 Å². The fraction of sp³-hybridized carbons (Fsp3) is 0.370. The first-order chi connectivity index (χ1) is 17.5. The summed E-state index contributed by atoms with van der Waals surface area (Å²) >= 11 is 3.23. The molecule has 3 N–H and O–H groups in total. The monoisotopic (exact) mass is 557 g/mol. The van der Waals surface area contributed by atoms with Crippen molar-refractivity contribution in [3.63, 3.8) is 0 Å². The Balaban J connectivity index is 0.000000381. The predicted molar refractivity (Wildman–Crippen MR) is 148 cm³/mol. The summed E-state index contributed by atoms with van der Waals surface area (Å²) in [6, 6.07) is 8.19. The second-order valence-electron chi connectivity index (χ2n) is 8.34. The maximum absolute atomic E-state index is 13.5. The van der Waals surface area contributed by atoms with E-state index in [1.807, 2.05) is 13.8 Å². The van der Waals surface area contributed by atoms with Gasteiger partial charge in [0, 0.05) is 28.5 Å². The number of allylic oxidation sites excluding steroid dienone is 1. The van der Waals surface area contributed by atoms with Gasteiger partial charge in [-0.15, -0.1) is 0 Å². The number of fused-ring (bicyclic) bond motifs is 2. The molecule has 2 fully saturated rings. The normalized spacial score (nSPS) is 17.4. The largest absolute Gasteiger partial charge is 0.494 e. The number of halogens is 2. The maximum Gasteiger partial charge on any atom is 0.248 e. The summed E-state index contributed by atoms with van der Waals surface area (Å²) < 4.78 is 18.9. The smallest absolute Gasteiger partial charge is 0.248 e. The number of hydrogen-bond donors (Lipinski definition) is 3. The average molecular weight is 558 g/mol. The van der Waals surface area contributed by atoms with Gasteiger partial charge in [0.25, 0.3) is 0 Å². The number of anilines is 3. The Morgan fingerprint density at radius 2 is 1.97 bits per heavy atom. The highest BCUT2D eigenvalue weighted by Gasteiger charge is 2.40. The Morgan fingerprint density at radius 3 is 2.56 bits per heavy atom. The number of nitrogens with one attached hydrogen (secondary N) is 3. The molecule has 1 aromatic heterocycles. The van der Waals surface area contributed by atoms with Gasteiger partial charge in [-0.25, -0.2) is 14.4 Å². The van der Waals surface area contributed by atoms with Crippen LogP contribution in [0.3, 0.4) is 0 Å². The number of rotatable bonds is 6. The van der Waals surface area contributed by atoms with Gasteiger partial charge in [-0.05, 0) is 68.1 Å². The zero-order valence-corrected chi connectivity index (χ0v) is 22.7. The SMILES string of the molecule is C1NCC2CC12.CC.COc1cc2ncnc(Nc3ccc(F)c(C)c3)c2cc1NC(=O)/C=C/CBr. The Hall–Kier alpha value is -3.04. The Labute approximate surface area is 220 Å². The third-order valence-electron chi connectivity index (χ3n) is 5.88. The van der Waals surface area contributed by atoms with Crippen LogP contribution in [0, 0.1) is 24.6 Å². The Bertz CT molecular complexity index is 1210. The second-order valence-corrected chi connectivity index (χ2v) is 8.99. The molecule has 1 saturated carbocycles. The number of aromatic nitrogens is 2. The highest BCUT2D eigenvalue weighted by Crippen LogP contribution is 2.40. The summed E-state index contributed by atoms with van der Waals surface area (Å²) in [5.74, 6) is 2.66. The third-order valence-corrected chi connectivity index (χ3v) is 6.25. The highest BCUT2D eigenvalue weighted by atomic mass is 79.9. The standard InChI is InChI=1S/C20H18BrFN4O2.C5H9N.C2H6/c1-12-8-13(5-6-15(12)22)25-20-14-9-17(26-19(27)4-3-7-21)18(28-2)10-16(14)23-11-24-20;1-4-2-6-3-5(1)4;1-2/h3-6,8-11H,7H2,1-2H3,(H,26,27)(H,23,24,25);4-6H,1-3H2;1-2H3/b4-3+;;. The summed E-state index contributed by atoms with van der Waals surface area (Å²) in [4.78, 5) is 20.6. The number of amides is 1. The molecule has 0 spiro atoms. The zero-order valence-electron chi connectivity index (χ0n) is 21.1. The molecule has 1 saturated heterocycles. The van der Waals surface area contributed by atoms with Crippen LogP contribution in [0.1, 0.15) is 25.8 Å². The van der Waals surface area contributed by atoms with Crippen LogP contribution >= 0.6 is 15.9 Å². The molecule has 2 unspecified atom stereocenters. The van der Waals surface area contributed by atoms with E-state index in [0.29, 0.717) is 44.7 Å². The molecule has 192 valence electrons. The van der Waals surface area contributed by atoms with Gasteiger partial charge in [0.1, 0.15) is 23.7 Å². The molecule has 1 aliphatic heterocycles. The number of benzene rings is 2. The topological polar surface area (TPSA) is 88.2 Å². The van der Waals surface area contributed by atoms with Gasteiger partial charge in [-0.1, -0.05) is 35.9 Å². The molecule has 1 amide bonds. The van der Waals surface area contributed by atoms with Crippen LogP contribution in [-0.2, 0) is 4.79 Å². The van der Waals surface area contributed by atoms with Gasteiger partial charge in [-0.2, -0.15) is 0 Å². The number of alkyl halides is 1. The number of aryl methyl sites for hydroxylation is 1. The van der Waals surface area contributed by atoms with E-state index in [9.17, 15) is 9.18 Å². The van der Waals surface area contributed by atoms with Crippen molar-refractivity contribution in [3.8, 4) is 5.75 Å². The maximum atomic E-state index is 13.5. The fourth-order valence-corrected chi connectivity index (χ4v) is 4.09. The molecule has 0 bridgehead atoms. The first kappa shape index (κ1) is 27.5. The third kappa shape index (κ3) is 7.24. The van der Waals surface area contributed by atoms with Crippen molar-refractivity contribution in [1.29, 1.82) is 0 Å². The van der Waals surface area contributed by atoms with Crippen molar-refractivity contribution >= 4 is 49.9 Å². The number of ether oxygens (including phenoxy) is 1. The number of carbonyl (C=O) groups is 1. The van der Waals surface area contributed by atoms with E-state index < -0.39 is 0 Å². The molecule has 1 aliphatic carbocycles. The minimum atomic E-state index is -0.280. The number of nitrogens with zero attached hydrogens (tertiary/aromatic N) is 2. The lowest BCUT2D eigenvalue weighted by Gasteiger charge is -2.13. The molecule has 36 heavy (non-hydrogen) atoms. The fourth-order valence-electron chi connectivity index (χ4n) is 3.90. The second kappa shape index (κ2) is 13.3. The first-order valence-corrected chi connectivity index (χ1v) is 13.2. The van der Waals surface area contributed by atoms with Gasteiger partial charge in [0.15, 0.2) is 0 Å². The molecule has 2 aromatic carbocycles. The van der Waals surface area contributed by atoms with Crippen molar-refractivity contribution in [1.82, 2.24) is 15.3 Å². The van der Waals surface area contributed by atoms with Gasteiger partial charge in [-0.3, -0.25) is 4.79 Å². The lowest BCUT2D eigenvalue weighted by molar-refractivity contribution is -0.111. The van der Waals surface area contributed by atoms with Crippen LogP contribution < -0.4 is 20.7 Å². The number of methoxy groups -OCH3 is 1. The van der Waals surface area contributed by atoms with Crippen LogP contribution in [0.2, 0.25) is 0 Å². The van der Waals surface area contributed by atoms with E-state index in [1.165, 1.54) is 45.1 Å².